The summed E-state index contributed by atoms with van der Waals surface area (Å²) in [6.07, 6.45) is 2.90. The number of aromatic nitrogens is 1. The van der Waals surface area contributed by atoms with Gasteiger partial charge in [0.25, 0.3) is 5.91 Å². The van der Waals surface area contributed by atoms with Crippen molar-refractivity contribution in [2.24, 2.45) is 5.92 Å². The monoisotopic (exact) mass is 407 g/mol. The molecule has 0 aliphatic carbocycles. The summed E-state index contributed by atoms with van der Waals surface area (Å²) in [4.78, 5) is 28.7. The van der Waals surface area contributed by atoms with Gasteiger partial charge in [-0.2, -0.15) is 5.26 Å². The Labute approximate surface area is 175 Å². The van der Waals surface area contributed by atoms with Crippen LogP contribution in [0.15, 0.2) is 48.7 Å². The molecule has 1 aromatic carbocycles. The van der Waals surface area contributed by atoms with E-state index in [0.29, 0.717) is 44.7 Å². The average molecular weight is 407 g/mol. The van der Waals surface area contributed by atoms with Crippen molar-refractivity contribution in [1.82, 2.24) is 14.5 Å². The first-order valence-electron chi connectivity index (χ1n) is 10.1. The summed E-state index contributed by atoms with van der Waals surface area (Å²) in [7, 11) is 0. The first-order valence-corrected chi connectivity index (χ1v) is 10.1. The van der Waals surface area contributed by atoms with E-state index in [1.165, 1.54) is 0 Å². The second kappa shape index (κ2) is 8.20. The predicted molar refractivity (Wildman–Crippen MR) is 110 cm³/mol. The minimum absolute atomic E-state index is 0.127. The van der Waals surface area contributed by atoms with Crippen LogP contribution < -0.4 is 5.43 Å². The van der Waals surface area contributed by atoms with E-state index in [-0.39, 0.29) is 18.4 Å². The first-order chi connectivity index (χ1) is 14.5. The van der Waals surface area contributed by atoms with E-state index in [9.17, 15) is 20.0 Å². The summed E-state index contributed by atoms with van der Waals surface area (Å²) in [5.74, 6) is -1.06. The molecule has 1 aromatic heterocycles. The molecule has 8 heteroatoms. The van der Waals surface area contributed by atoms with E-state index in [1.807, 2.05) is 30.3 Å². The third kappa shape index (κ3) is 4.02. The van der Waals surface area contributed by atoms with Gasteiger partial charge in [0.1, 0.15) is 18.3 Å². The van der Waals surface area contributed by atoms with Crippen LogP contribution in [-0.4, -0.2) is 63.3 Å². The molecule has 156 valence electrons. The van der Waals surface area contributed by atoms with Crippen molar-refractivity contribution in [3.63, 3.8) is 0 Å². The number of carbonyl (C=O) groups excluding carboxylic acids is 2. The van der Waals surface area contributed by atoms with Gasteiger partial charge in [-0.1, -0.05) is 30.3 Å². The molecule has 0 saturated carbocycles. The minimum atomic E-state index is -1.05. The lowest BCUT2D eigenvalue weighted by Crippen LogP contribution is -2.56. The largest absolute Gasteiger partial charge is 0.388 e. The maximum atomic E-state index is 12.8. The van der Waals surface area contributed by atoms with Gasteiger partial charge in [0.2, 0.25) is 5.91 Å². The van der Waals surface area contributed by atoms with E-state index in [1.54, 1.807) is 32.8 Å². The highest BCUT2D eigenvalue weighted by molar-refractivity contribution is 5.93. The Morgan fingerprint density at radius 3 is 2.63 bits per heavy atom. The van der Waals surface area contributed by atoms with Gasteiger partial charge in [0.05, 0.1) is 18.2 Å². The fourth-order valence-corrected chi connectivity index (χ4v) is 4.13. The molecule has 0 bridgehead atoms. The number of rotatable bonds is 5. The van der Waals surface area contributed by atoms with Crippen LogP contribution in [0.5, 0.6) is 0 Å². The van der Waals surface area contributed by atoms with Crippen LogP contribution in [0.3, 0.4) is 0 Å². The molecule has 1 saturated heterocycles. The summed E-state index contributed by atoms with van der Waals surface area (Å²) in [6, 6.07) is 15.2. The average Bonchev–Trinajstić information content (AvgIpc) is 3.24. The number of nitriles is 1. The number of nitrogens with zero attached hydrogens (tertiary/aromatic N) is 4. The molecule has 2 aromatic rings. The molecule has 2 N–H and O–H groups in total. The molecule has 30 heavy (non-hydrogen) atoms. The highest BCUT2D eigenvalue weighted by Gasteiger charge is 2.39. The zero-order valence-corrected chi connectivity index (χ0v) is 16.7. The number of nitrogens with one attached hydrogen (secondary N) is 1. The van der Waals surface area contributed by atoms with Crippen molar-refractivity contribution in [2.45, 2.75) is 24.9 Å². The van der Waals surface area contributed by atoms with Crippen molar-refractivity contribution in [2.75, 3.05) is 31.7 Å². The zero-order chi connectivity index (χ0) is 21.1. The molecule has 3 heterocycles. The highest BCUT2D eigenvalue weighted by Crippen LogP contribution is 2.26. The van der Waals surface area contributed by atoms with E-state index in [0.717, 1.165) is 5.56 Å². The second-order valence-electron chi connectivity index (χ2n) is 8.00. The second-order valence-corrected chi connectivity index (χ2v) is 8.00. The topological polar surface area (TPSA) is 102 Å². The summed E-state index contributed by atoms with van der Waals surface area (Å²) >= 11 is 0. The SMILES string of the molecule is N#CC(Cc1ccccc1)C(=O)N1CCC(O)(CN2CNn3cccc3C2=O)CC1. The summed E-state index contributed by atoms with van der Waals surface area (Å²) in [5.41, 5.74) is 3.55. The van der Waals surface area contributed by atoms with Crippen molar-refractivity contribution >= 4 is 11.8 Å². The highest BCUT2D eigenvalue weighted by atomic mass is 16.3. The van der Waals surface area contributed by atoms with Crippen LogP contribution in [-0.2, 0) is 11.2 Å². The molecular weight excluding hydrogens is 382 g/mol. The maximum absolute atomic E-state index is 12.8. The smallest absolute Gasteiger partial charge is 0.273 e. The summed E-state index contributed by atoms with van der Waals surface area (Å²) in [5, 5.41) is 20.5. The van der Waals surface area contributed by atoms with Crippen molar-refractivity contribution in [3.8, 4) is 6.07 Å². The van der Waals surface area contributed by atoms with E-state index < -0.39 is 11.5 Å². The lowest BCUT2D eigenvalue weighted by molar-refractivity contribution is -0.138. The number of carbonyl (C=O) groups is 2. The van der Waals surface area contributed by atoms with Crippen LogP contribution in [0.1, 0.15) is 28.9 Å². The Kier molecular flexibility index (Phi) is 5.46. The Hall–Kier alpha value is -3.31. The van der Waals surface area contributed by atoms with Crippen LogP contribution in [0, 0.1) is 17.2 Å². The van der Waals surface area contributed by atoms with Gasteiger partial charge in [-0.15, -0.1) is 0 Å². The Bertz CT molecular complexity index is 957. The van der Waals surface area contributed by atoms with Crippen LogP contribution in [0.2, 0.25) is 0 Å². The van der Waals surface area contributed by atoms with E-state index in [2.05, 4.69) is 11.5 Å². The molecule has 0 radical (unpaired) electrons. The molecule has 1 atom stereocenters. The quantitative estimate of drug-likeness (QED) is 0.775. The molecule has 0 spiro atoms. The molecule has 8 nitrogen and oxygen atoms in total. The van der Waals surface area contributed by atoms with Crippen LogP contribution >= 0.6 is 0 Å². The van der Waals surface area contributed by atoms with Gasteiger partial charge in [-0.25, -0.2) is 0 Å². The number of piperidine rings is 1. The molecule has 1 unspecified atom stereocenters. The number of amides is 2. The van der Waals surface area contributed by atoms with Crippen LogP contribution in [0.25, 0.3) is 0 Å². The van der Waals surface area contributed by atoms with E-state index >= 15 is 0 Å². The Morgan fingerprint density at radius 2 is 1.93 bits per heavy atom. The van der Waals surface area contributed by atoms with Crippen molar-refractivity contribution < 1.29 is 14.7 Å². The van der Waals surface area contributed by atoms with Gasteiger partial charge < -0.3 is 20.3 Å². The molecule has 4 rings (SSSR count). The minimum Gasteiger partial charge on any atom is -0.388 e. The maximum Gasteiger partial charge on any atom is 0.273 e. The zero-order valence-electron chi connectivity index (χ0n) is 16.7. The molecule has 2 aliphatic rings. The summed E-state index contributed by atoms with van der Waals surface area (Å²) in [6.45, 7) is 1.26. The fourth-order valence-electron chi connectivity index (χ4n) is 4.13. The molecule has 1 fully saturated rings. The molecular formula is C22H25N5O3. The Balaban J connectivity index is 1.34. The van der Waals surface area contributed by atoms with Crippen LogP contribution in [0.4, 0.5) is 0 Å². The third-order valence-electron chi connectivity index (χ3n) is 5.91. The van der Waals surface area contributed by atoms with Gasteiger partial charge in [-0.05, 0) is 37.0 Å². The summed E-state index contributed by atoms with van der Waals surface area (Å²) < 4.78 is 1.68. The lowest BCUT2D eigenvalue weighted by Gasteiger charge is -2.42. The fraction of sp³-hybridized carbons (Fsp3) is 0.409. The third-order valence-corrected chi connectivity index (χ3v) is 5.91. The number of hydrogen-bond donors (Lipinski definition) is 2. The van der Waals surface area contributed by atoms with Crippen molar-refractivity contribution in [1.29, 1.82) is 5.26 Å². The van der Waals surface area contributed by atoms with Gasteiger partial charge in [0.15, 0.2) is 0 Å². The number of benzene rings is 1. The van der Waals surface area contributed by atoms with Crippen molar-refractivity contribution in [3.05, 3.63) is 59.9 Å². The van der Waals surface area contributed by atoms with Gasteiger partial charge in [-0.3, -0.25) is 14.3 Å². The first kappa shape index (κ1) is 20.0. The lowest BCUT2D eigenvalue weighted by atomic mass is 9.89. The molecule has 2 amide bonds. The molecule has 2 aliphatic heterocycles. The predicted octanol–water partition coefficient (Wildman–Crippen LogP) is 1.18. The number of fused-ring (bicyclic) bond motifs is 1. The standard InChI is InChI=1S/C22H25N5O3/c23-14-18(13-17-5-2-1-3-6-17)20(28)25-11-8-22(30,9-12-25)15-26-16-24-27-10-4-7-19(27)21(26)29/h1-7,10,18,24,30H,8-9,11-13,15-16H2. The number of aliphatic hydroxyl groups is 1. The van der Waals surface area contributed by atoms with Gasteiger partial charge in [0, 0.05) is 19.3 Å². The van der Waals surface area contributed by atoms with E-state index in [4.69, 9.17) is 0 Å². The van der Waals surface area contributed by atoms with Gasteiger partial charge >= 0.3 is 0 Å². The normalized spacial score (nSPS) is 18.9. The Morgan fingerprint density at radius 1 is 1.20 bits per heavy atom. The number of hydrogen-bond acceptors (Lipinski definition) is 5. The number of likely N-dealkylation sites (tertiary alicyclic amines) is 1. The number of β-amino-alcohol motifs (C(OH)–C–C–N with tert-alkyl or cyclic N) is 1.